The van der Waals surface area contributed by atoms with E-state index in [4.69, 9.17) is 4.74 Å². The van der Waals surface area contributed by atoms with Crippen molar-refractivity contribution in [2.45, 2.75) is 6.92 Å². The highest BCUT2D eigenvalue weighted by molar-refractivity contribution is 5.67. The Morgan fingerprint density at radius 1 is 1.08 bits per heavy atom. The summed E-state index contributed by atoms with van der Waals surface area (Å²) < 4.78 is 7.39. The molecule has 0 atom stereocenters. The van der Waals surface area contributed by atoms with Crippen LogP contribution in [0.15, 0.2) is 35.3 Å². The third-order valence-corrected chi connectivity index (χ3v) is 4.50. The topological polar surface area (TPSA) is 57.9 Å². The summed E-state index contributed by atoms with van der Waals surface area (Å²) in [7, 11) is 3.71. The molecule has 1 N–H and O–H groups in total. The number of phenols is 1. The second-order valence-corrected chi connectivity index (χ2v) is 6.18. The van der Waals surface area contributed by atoms with Crippen molar-refractivity contribution in [1.29, 1.82) is 0 Å². The van der Waals surface area contributed by atoms with E-state index in [0.717, 1.165) is 37.6 Å². The van der Waals surface area contributed by atoms with Gasteiger partial charge >= 0.3 is 0 Å². The Labute approximate surface area is 141 Å². The molecular weight excluding hydrogens is 306 g/mol. The van der Waals surface area contributed by atoms with Crippen LogP contribution < -0.4 is 15.1 Å². The Hall–Kier alpha value is -2.47. The van der Waals surface area contributed by atoms with Crippen LogP contribution in [0, 0.1) is 6.92 Å². The molecule has 0 radical (unpaired) electrons. The fourth-order valence-electron chi connectivity index (χ4n) is 3.06. The number of hydrogen-bond donors (Lipinski definition) is 1. The van der Waals surface area contributed by atoms with Crippen LogP contribution in [-0.2, 0) is 0 Å². The number of aromatic hydroxyl groups is 1. The van der Waals surface area contributed by atoms with Gasteiger partial charge in [0.25, 0.3) is 0 Å². The number of piperazine rings is 1. The van der Waals surface area contributed by atoms with E-state index in [1.54, 1.807) is 25.4 Å². The standard InChI is InChI=1S/C18H23N3O3/c1-13-10-14(22)4-5-21(13)16-11-17(23)15(12-18(16)24-3)20-8-6-19(2)7-9-20/h4-5,10-12,23H,6-9H2,1-3H3. The lowest BCUT2D eigenvalue weighted by molar-refractivity contribution is 0.311. The van der Waals surface area contributed by atoms with E-state index < -0.39 is 0 Å². The highest BCUT2D eigenvalue weighted by atomic mass is 16.5. The van der Waals surface area contributed by atoms with Crippen molar-refractivity contribution in [3.8, 4) is 17.2 Å². The minimum Gasteiger partial charge on any atom is -0.506 e. The summed E-state index contributed by atoms with van der Waals surface area (Å²) >= 11 is 0. The van der Waals surface area contributed by atoms with Gasteiger partial charge in [0, 0.05) is 62.3 Å². The van der Waals surface area contributed by atoms with Crippen LogP contribution in [0.4, 0.5) is 5.69 Å². The molecule has 24 heavy (non-hydrogen) atoms. The van der Waals surface area contributed by atoms with Gasteiger partial charge in [-0.05, 0) is 14.0 Å². The fourth-order valence-corrected chi connectivity index (χ4v) is 3.06. The summed E-state index contributed by atoms with van der Waals surface area (Å²) in [4.78, 5) is 15.9. The van der Waals surface area contributed by atoms with Gasteiger partial charge in [0.05, 0.1) is 18.5 Å². The van der Waals surface area contributed by atoms with Crippen LogP contribution in [0.5, 0.6) is 11.5 Å². The molecular formula is C18H23N3O3. The molecule has 0 amide bonds. The van der Waals surface area contributed by atoms with Crippen LogP contribution >= 0.6 is 0 Å². The lowest BCUT2D eigenvalue weighted by Gasteiger charge is -2.34. The Morgan fingerprint density at radius 2 is 1.79 bits per heavy atom. The van der Waals surface area contributed by atoms with Gasteiger partial charge in [-0.3, -0.25) is 4.79 Å². The smallest absolute Gasteiger partial charge is 0.181 e. The monoisotopic (exact) mass is 329 g/mol. The first-order valence-corrected chi connectivity index (χ1v) is 8.04. The van der Waals surface area contributed by atoms with E-state index >= 15 is 0 Å². The van der Waals surface area contributed by atoms with E-state index in [0.29, 0.717) is 11.4 Å². The van der Waals surface area contributed by atoms with E-state index in [9.17, 15) is 9.90 Å². The first kappa shape index (κ1) is 16.4. The second-order valence-electron chi connectivity index (χ2n) is 6.18. The molecule has 2 aromatic rings. The van der Waals surface area contributed by atoms with E-state index in [-0.39, 0.29) is 11.2 Å². The highest BCUT2D eigenvalue weighted by Crippen LogP contribution is 2.37. The third kappa shape index (κ3) is 3.10. The van der Waals surface area contributed by atoms with Gasteiger partial charge in [0.2, 0.25) is 0 Å². The number of aryl methyl sites for hydroxylation is 1. The van der Waals surface area contributed by atoms with Crippen molar-refractivity contribution in [2.24, 2.45) is 0 Å². The molecule has 0 bridgehead atoms. The zero-order valence-electron chi connectivity index (χ0n) is 14.3. The molecule has 1 fully saturated rings. The van der Waals surface area contributed by atoms with Crippen molar-refractivity contribution in [3.63, 3.8) is 0 Å². The van der Waals surface area contributed by atoms with Crippen LogP contribution in [0.25, 0.3) is 5.69 Å². The highest BCUT2D eigenvalue weighted by Gasteiger charge is 2.20. The Balaban J connectivity index is 2.03. The Morgan fingerprint density at radius 3 is 2.42 bits per heavy atom. The average Bonchev–Trinajstić information content (AvgIpc) is 2.56. The maximum Gasteiger partial charge on any atom is 0.181 e. The summed E-state index contributed by atoms with van der Waals surface area (Å²) in [5, 5.41) is 10.6. The molecule has 1 aliphatic rings. The number of likely N-dealkylation sites (N-methyl/N-ethyl adjacent to an activating group) is 1. The molecule has 2 heterocycles. The maximum atomic E-state index is 11.5. The SMILES string of the molecule is COc1cc(N2CCN(C)CC2)c(O)cc1-n1ccc(=O)cc1C. The van der Waals surface area contributed by atoms with Gasteiger partial charge in [0.15, 0.2) is 5.43 Å². The molecule has 1 aliphatic heterocycles. The average molecular weight is 329 g/mol. The number of pyridine rings is 1. The van der Waals surface area contributed by atoms with Crippen molar-refractivity contribution in [2.75, 3.05) is 45.2 Å². The lowest BCUT2D eigenvalue weighted by atomic mass is 10.2. The molecule has 0 unspecified atom stereocenters. The summed E-state index contributed by atoms with van der Waals surface area (Å²) in [6.07, 6.45) is 1.70. The third-order valence-electron chi connectivity index (χ3n) is 4.50. The minimum absolute atomic E-state index is 0.0407. The number of rotatable bonds is 3. The predicted molar refractivity (Wildman–Crippen MR) is 94.7 cm³/mol. The van der Waals surface area contributed by atoms with Gasteiger partial charge in [-0.2, -0.15) is 0 Å². The number of anilines is 1. The van der Waals surface area contributed by atoms with Crippen LogP contribution in [-0.4, -0.2) is 54.9 Å². The summed E-state index contributed by atoms with van der Waals surface area (Å²) in [5.74, 6) is 0.877. The number of hydrogen-bond acceptors (Lipinski definition) is 5. The zero-order valence-corrected chi connectivity index (χ0v) is 14.3. The van der Waals surface area contributed by atoms with Gasteiger partial charge < -0.3 is 24.2 Å². The summed E-state index contributed by atoms with van der Waals surface area (Å²) in [6.45, 7) is 5.50. The molecule has 3 rings (SSSR count). The Kier molecular flexibility index (Phi) is 4.49. The quantitative estimate of drug-likeness (QED) is 0.927. The van der Waals surface area contributed by atoms with Crippen molar-refractivity contribution < 1.29 is 9.84 Å². The fraction of sp³-hybridized carbons (Fsp3) is 0.389. The molecule has 1 aromatic carbocycles. The molecule has 6 nitrogen and oxygen atoms in total. The Bertz CT molecular complexity index is 793. The van der Waals surface area contributed by atoms with Crippen LogP contribution in [0.3, 0.4) is 0 Å². The van der Waals surface area contributed by atoms with Crippen molar-refractivity contribution >= 4 is 5.69 Å². The maximum absolute atomic E-state index is 11.5. The van der Waals surface area contributed by atoms with E-state index in [1.165, 1.54) is 6.07 Å². The van der Waals surface area contributed by atoms with E-state index in [1.807, 2.05) is 17.6 Å². The molecule has 1 aromatic heterocycles. The largest absolute Gasteiger partial charge is 0.506 e. The van der Waals surface area contributed by atoms with Crippen LogP contribution in [0.1, 0.15) is 5.69 Å². The number of aromatic nitrogens is 1. The molecule has 6 heteroatoms. The van der Waals surface area contributed by atoms with Gasteiger partial charge in [-0.1, -0.05) is 0 Å². The number of benzene rings is 1. The molecule has 1 saturated heterocycles. The normalized spacial score (nSPS) is 15.5. The van der Waals surface area contributed by atoms with Gasteiger partial charge in [-0.25, -0.2) is 0 Å². The number of ether oxygens (including phenoxy) is 1. The van der Waals surface area contributed by atoms with Crippen molar-refractivity contribution in [1.82, 2.24) is 9.47 Å². The summed E-state index contributed by atoms with van der Waals surface area (Å²) in [6, 6.07) is 6.63. The molecule has 128 valence electrons. The van der Waals surface area contributed by atoms with Gasteiger partial charge in [0.1, 0.15) is 11.5 Å². The number of methoxy groups -OCH3 is 1. The first-order valence-electron chi connectivity index (χ1n) is 8.04. The molecule has 0 saturated carbocycles. The molecule has 0 aliphatic carbocycles. The number of phenolic OH excluding ortho intramolecular Hbond substituents is 1. The van der Waals surface area contributed by atoms with Crippen molar-refractivity contribution in [3.05, 3.63) is 46.4 Å². The second kappa shape index (κ2) is 6.57. The minimum atomic E-state index is -0.0407. The number of nitrogens with zero attached hydrogens (tertiary/aromatic N) is 3. The predicted octanol–water partition coefficient (Wildman–Crippen LogP) is 1.61. The van der Waals surface area contributed by atoms with Gasteiger partial charge in [-0.15, -0.1) is 0 Å². The molecule has 0 spiro atoms. The van der Waals surface area contributed by atoms with E-state index in [2.05, 4.69) is 16.8 Å². The first-order chi connectivity index (χ1) is 11.5. The van der Waals surface area contributed by atoms with Crippen LogP contribution in [0.2, 0.25) is 0 Å². The summed E-state index contributed by atoms with van der Waals surface area (Å²) in [5.41, 5.74) is 2.24. The lowest BCUT2D eigenvalue weighted by Crippen LogP contribution is -2.44. The zero-order chi connectivity index (χ0) is 17.3.